The summed E-state index contributed by atoms with van der Waals surface area (Å²) < 4.78 is 0. The summed E-state index contributed by atoms with van der Waals surface area (Å²) in [5.74, 6) is 0. The van der Waals surface area contributed by atoms with Crippen molar-refractivity contribution in [3.05, 3.63) is 0 Å². The first-order valence-corrected chi connectivity index (χ1v) is 6.00. The van der Waals surface area contributed by atoms with Gasteiger partial charge in [-0.15, -0.1) is 0 Å². The van der Waals surface area contributed by atoms with Crippen LogP contribution in [0.25, 0.3) is 0 Å². The third-order valence-electron chi connectivity index (χ3n) is 3.00. The molecule has 0 nitrogen and oxygen atoms in total. The van der Waals surface area contributed by atoms with E-state index in [0.717, 1.165) is 0 Å². The van der Waals surface area contributed by atoms with Gasteiger partial charge in [0.2, 0.25) is 0 Å². The molecular formula is C10H22B2. The second kappa shape index (κ2) is 7.76. The fourth-order valence-corrected chi connectivity index (χ4v) is 2.12. The summed E-state index contributed by atoms with van der Waals surface area (Å²) in [6.45, 7) is 0. The van der Waals surface area contributed by atoms with Crippen molar-refractivity contribution in [2.45, 2.75) is 64.0 Å². The molecule has 1 aliphatic rings. The molecule has 0 unspecified atom stereocenters. The van der Waals surface area contributed by atoms with Crippen LogP contribution in [0.4, 0.5) is 0 Å². The molecule has 0 N–H and O–H groups in total. The van der Waals surface area contributed by atoms with Crippen LogP contribution in [0.5, 0.6) is 0 Å². The maximum Gasteiger partial charge on any atom is 0.0865 e. The van der Waals surface area contributed by atoms with E-state index in [1.807, 2.05) is 0 Å². The summed E-state index contributed by atoms with van der Waals surface area (Å²) in [5, 5.41) is 0. The summed E-state index contributed by atoms with van der Waals surface area (Å²) in [6, 6.07) is 0. The highest BCUT2D eigenvalue weighted by Gasteiger charge is 1.98. The van der Waals surface area contributed by atoms with Crippen molar-refractivity contribution in [3.8, 4) is 0 Å². The predicted molar refractivity (Wildman–Crippen MR) is 60.8 cm³/mol. The van der Waals surface area contributed by atoms with Crippen LogP contribution in [0.2, 0.25) is 12.6 Å². The molecule has 0 aliphatic carbocycles. The molecule has 0 amide bonds. The van der Waals surface area contributed by atoms with Gasteiger partial charge in [-0.05, 0) is 0 Å². The van der Waals surface area contributed by atoms with Crippen molar-refractivity contribution in [3.63, 3.8) is 0 Å². The van der Waals surface area contributed by atoms with Crippen LogP contribution in [0, 0.1) is 0 Å². The summed E-state index contributed by atoms with van der Waals surface area (Å²) in [7, 11) is 3.00. The summed E-state index contributed by atoms with van der Waals surface area (Å²) in [6.07, 6.45) is 15.0. The average molecular weight is 164 g/mol. The summed E-state index contributed by atoms with van der Waals surface area (Å²) >= 11 is 0. The lowest BCUT2D eigenvalue weighted by molar-refractivity contribution is 0.583. The molecule has 12 heavy (non-hydrogen) atoms. The van der Waals surface area contributed by atoms with Gasteiger partial charge in [-0.25, -0.2) is 0 Å². The van der Waals surface area contributed by atoms with Crippen molar-refractivity contribution >= 4 is 14.3 Å². The largest absolute Gasteiger partial charge is 0.0865 e. The fraction of sp³-hybridized carbons (Fsp3) is 1.00. The van der Waals surface area contributed by atoms with E-state index in [9.17, 15) is 0 Å². The van der Waals surface area contributed by atoms with Crippen molar-refractivity contribution < 1.29 is 0 Å². The topological polar surface area (TPSA) is 0 Å². The molecule has 0 saturated carbocycles. The Morgan fingerprint density at radius 3 is 1.17 bits per heavy atom. The highest BCUT2D eigenvalue weighted by molar-refractivity contribution is 7.00. The zero-order chi connectivity index (χ0) is 8.49. The first-order chi connectivity index (χ1) is 6.00. The third kappa shape index (κ3) is 5.74. The van der Waals surface area contributed by atoms with Crippen LogP contribution in [-0.4, -0.2) is 14.3 Å². The first kappa shape index (κ1) is 10.2. The third-order valence-corrected chi connectivity index (χ3v) is 3.00. The maximum absolute atomic E-state index is 1.50. The lowest BCUT2D eigenvalue weighted by Gasteiger charge is -2.04. The van der Waals surface area contributed by atoms with Crippen LogP contribution in [0.1, 0.15) is 51.4 Å². The van der Waals surface area contributed by atoms with E-state index in [1.54, 1.807) is 0 Å². The minimum atomic E-state index is 1.50. The maximum atomic E-state index is 1.50. The van der Waals surface area contributed by atoms with E-state index in [1.165, 1.54) is 78.3 Å². The van der Waals surface area contributed by atoms with Crippen LogP contribution in [0.15, 0.2) is 0 Å². The Morgan fingerprint density at radius 1 is 0.417 bits per heavy atom. The zero-order valence-electron chi connectivity index (χ0n) is 8.49. The van der Waals surface area contributed by atoms with Gasteiger partial charge in [-0.1, -0.05) is 64.0 Å². The van der Waals surface area contributed by atoms with Gasteiger partial charge in [0.25, 0.3) is 0 Å². The molecule has 1 heterocycles. The molecule has 2 heteroatoms. The normalized spacial score (nSPS) is 22.7. The van der Waals surface area contributed by atoms with Gasteiger partial charge in [0.05, 0.1) is 14.3 Å². The Bertz CT molecular complexity index is 50.8. The van der Waals surface area contributed by atoms with E-state index in [-0.39, 0.29) is 0 Å². The second-order valence-electron chi connectivity index (χ2n) is 4.24. The van der Waals surface area contributed by atoms with Gasteiger partial charge in [-0.3, -0.25) is 0 Å². The summed E-state index contributed by atoms with van der Waals surface area (Å²) in [5.41, 5.74) is 0. The Kier molecular flexibility index (Phi) is 6.61. The Labute approximate surface area is 79.0 Å². The molecule has 0 bridgehead atoms. The minimum Gasteiger partial charge on any atom is -0.0846 e. The minimum absolute atomic E-state index is 1.50. The Balaban J connectivity index is 2.00. The van der Waals surface area contributed by atoms with Crippen molar-refractivity contribution in [2.24, 2.45) is 0 Å². The van der Waals surface area contributed by atoms with Gasteiger partial charge in [0.15, 0.2) is 0 Å². The van der Waals surface area contributed by atoms with E-state index in [4.69, 9.17) is 0 Å². The van der Waals surface area contributed by atoms with Gasteiger partial charge >= 0.3 is 0 Å². The highest BCUT2D eigenvalue weighted by atomic mass is 14.0. The van der Waals surface area contributed by atoms with E-state index in [0.29, 0.717) is 0 Å². The molecule has 0 atom stereocenters. The van der Waals surface area contributed by atoms with Gasteiger partial charge in [0.1, 0.15) is 0 Å². The Morgan fingerprint density at radius 2 is 0.750 bits per heavy atom. The monoisotopic (exact) mass is 164 g/mol. The number of hydrogen-bond acceptors (Lipinski definition) is 0. The van der Waals surface area contributed by atoms with Crippen LogP contribution >= 0.6 is 0 Å². The van der Waals surface area contributed by atoms with Gasteiger partial charge in [0, 0.05) is 0 Å². The number of hydrogen-bond donors (Lipinski definition) is 0. The molecule has 68 valence electrons. The molecule has 0 aromatic rings. The van der Waals surface area contributed by atoms with Crippen LogP contribution < -0.4 is 0 Å². The Hall–Kier alpha value is 0.130. The standard InChI is InChI=1S/C10H22B2/c1-2-4-6-8-10-12-11-9-7-5-3-1/h11-12H,1-10H2. The van der Waals surface area contributed by atoms with Crippen molar-refractivity contribution in [1.82, 2.24) is 0 Å². The lowest BCUT2D eigenvalue weighted by Crippen LogP contribution is -2.02. The molecule has 1 aliphatic heterocycles. The summed E-state index contributed by atoms with van der Waals surface area (Å²) in [4.78, 5) is 0. The number of rotatable bonds is 0. The average Bonchev–Trinajstić information content (AvgIpc) is 2.05. The van der Waals surface area contributed by atoms with E-state index < -0.39 is 0 Å². The zero-order valence-corrected chi connectivity index (χ0v) is 8.49. The second-order valence-corrected chi connectivity index (χ2v) is 4.24. The molecule has 0 radical (unpaired) electrons. The van der Waals surface area contributed by atoms with E-state index in [2.05, 4.69) is 0 Å². The molecule has 1 fully saturated rings. The molecule has 0 aromatic carbocycles. The molecule has 1 rings (SSSR count). The smallest absolute Gasteiger partial charge is 0.0846 e. The fourth-order valence-electron chi connectivity index (χ4n) is 2.12. The SMILES string of the molecule is B1BCCCCCCCCCC1. The molecule has 1 saturated heterocycles. The molecule has 0 aromatic heterocycles. The highest BCUT2D eigenvalue weighted by Crippen LogP contribution is 2.11. The first-order valence-electron chi connectivity index (χ1n) is 6.00. The quantitative estimate of drug-likeness (QED) is 0.482. The van der Waals surface area contributed by atoms with Crippen molar-refractivity contribution in [1.29, 1.82) is 0 Å². The van der Waals surface area contributed by atoms with Crippen LogP contribution in [0.3, 0.4) is 0 Å². The van der Waals surface area contributed by atoms with E-state index >= 15 is 0 Å². The predicted octanol–water partition coefficient (Wildman–Crippen LogP) is 2.75. The van der Waals surface area contributed by atoms with Gasteiger partial charge < -0.3 is 0 Å². The molecule has 0 spiro atoms. The van der Waals surface area contributed by atoms with Crippen LogP contribution in [-0.2, 0) is 0 Å². The van der Waals surface area contributed by atoms with Crippen molar-refractivity contribution in [2.75, 3.05) is 0 Å². The lowest BCUT2D eigenvalue weighted by atomic mass is 9.36. The molecular weight excluding hydrogens is 142 g/mol. The van der Waals surface area contributed by atoms with Gasteiger partial charge in [-0.2, -0.15) is 0 Å².